The highest BCUT2D eigenvalue weighted by Crippen LogP contribution is 2.23. The van der Waals surface area contributed by atoms with Crippen LogP contribution in [0.3, 0.4) is 0 Å². The standard InChI is InChI=1S/C19H22N2O2/c1-4-12-23-18-11-6-5-9-17(18)20-13-19(22)21-16-10-7-8-14(2)15(16)3/h4-11,20H,1,12-13H2,2-3H3,(H,21,22). The monoisotopic (exact) mass is 310 g/mol. The Labute approximate surface area is 137 Å². The molecule has 0 unspecified atom stereocenters. The predicted octanol–water partition coefficient (Wildman–Crippen LogP) is 3.92. The summed E-state index contributed by atoms with van der Waals surface area (Å²) in [6.45, 7) is 8.25. The van der Waals surface area contributed by atoms with Crippen LogP contribution in [0.5, 0.6) is 5.75 Å². The molecule has 4 nitrogen and oxygen atoms in total. The first kappa shape index (κ1) is 16.6. The maximum absolute atomic E-state index is 12.1. The Kier molecular flexibility index (Phi) is 5.80. The van der Waals surface area contributed by atoms with Gasteiger partial charge in [0.15, 0.2) is 0 Å². The van der Waals surface area contributed by atoms with Gasteiger partial charge < -0.3 is 15.4 Å². The van der Waals surface area contributed by atoms with E-state index in [1.54, 1.807) is 6.08 Å². The number of nitrogens with one attached hydrogen (secondary N) is 2. The molecule has 0 saturated heterocycles. The topological polar surface area (TPSA) is 50.4 Å². The highest BCUT2D eigenvalue weighted by Gasteiger charge is 2.08. The smallest absolute Gasteiger partial charge is 0.243 e. The number of benzene rings is 2. The van der Waals surface area contributed by atoms with E-state index in [0.29, 0.717) is 12.4 Å². The summed E-state index contributed by atoms with van der Waals surface area (Å²) in [5.74, 6) is 0.601. The largest absolute Gasteiger partial charge is 0.487 e. The van der Waals surface area contributed by atoms with E-state index in [1.165, 1.54) is 0 Å². The summed E-state index contributed by atoms with van der Waals surface area (Å²) < 4.78 is 5.56. The van der Waals surface area contributed by atoms with Crippen LogP contribution in [-0.4, -0.2) is 19.1 Å². The van der Waals surface area contributed by atoms with Crippen molar-refractivity contribution in [2.75, 3.05) is 23.8 Å². The number of para-hydroxylation sites is 2. The fourth-order valence-corrected chi connectivity index (χ4v) is 2.14. The van der Waals surface area contributed by atoms with E-state index in [2.05, 4.69) is 17.2 Å². The summed E-state index contributed by atoms with van der Waals surface area (Å²) in [4.78, 5) is 12.1. The zero-order valence-corrected chi connectivity index (χ0v) is 13.6. The molecule has 0 heterocycles. The van der Waals surface area contributed by atoms with Gasteiger partial charge in [0.05, 0.1) is 12.2 Å². The van der Waals surface area contributed by atoms with E-state index in [1.807, 2.05) is 56.3 Å². The second-order valence-electron chi connectivity index (χ2n) is 5.25. The maximum Gasteiger partial charge on any atom is 0.243 e. The van der Waals surface area contributed by atoms with Gasteiger partial charge in [-0.05, 0) is 43.2 Å². The highest BCUT2D eigenvalue weighted by atomic mass is 16.5. The van der Waals surface area contributed by atoms with Gasteiger partial charge in [-0.25, -0.2) is 0 Å². The normalized spacial score (nSPS) is 10.0. The molecule has 0 bridgehead atoms. The number of aryl methyl sites for hydroxylation is 1. The molecular formula is C19H22N2O2. The van der Waals surface area contributed by atoms with Gasteiger partial charge in [0.25, 0.3) is 0 Å². The third-order valence-corrected chi connectivity index (χ3v) is 3.56. The van der Waals surface area contributed by atoms with Crippen LogP contribution < -0.4 is 15.4 Å². The molecule has 2 N–H and O–H groups in total. The van der Waals surface area contributed by atoms with Crippen LogP contribution >= 0.6 is 0 Å². The van der Waals surface area contributed by atoms with Gasteiger partial charge in [-0.2, -0.15) is 0 Å². The number of hydrogen-bond acceptors (Lipinski definition) is 3. The van der Waals surface area contributed by atoms with Crippen LogP contribution in [-0.2, 0) is 4.79 Å². The number of carbonyl (C=O) groups is 1. The van der Waals surface area contributed by atoms with Crippen molar-refractivity contribution in [3.05, 3.63) is 66.2 Å². The minimum absolute atomic E-state index is 0.0998. The molecule has 0 fully saturated rings. The van der Waals surface area contributed by atoms with E-state index in [9.17, 15) is 4.79 Å². The van der Waals surface area contributed by atoms with Crippen molar-refractivity contribution in [3.63, 3.8) is 0 Å². The molecule has 2 rings (SSSR count). The summed E-state index contributed by atoms with van der Waals surface area (Å²) >= 11 is 0. The van der Waals surface area contributed by atoms with Crippen molar-refractivity contribution in [2.24, 2.45) is 0 Å². The molecule has 23 heavy (non-hydrogen) atoms. The Balaban J connectivity index is 1.97. The van der Waals surface area contributed by atoms with Crippen LogP contribution in [0.15, 0.2) is 55.1 Å². The molecule has 0 spiro atoms. The molecule has 0 atom stereocenters. The lowest BCUT2D eigenvalue weighted by atomic mass is 10.1. The van der Waals surface area contributed by atoms with Crippen molar-refractivity contribution in [1.29, 1.82) is 0 Å². The SMILES string of the molecule is C=CCOc1ccccc1NCC(=O)Nc1cccc(C)c1C. The average Bonchev–Trinajstić information content (AvgIpc) is 2.56. The summed E-state index contributed by atoms with van der Waals surface area (Å²) in [5, 5.41) is 6.03. The molecule has 0 aliphatic rings. The lowest BCUT2D eigenvalue weighted by molar-refractivity contribution is -0.114. The van der Waals surface area contributed by atoms with Crippen molar-refractivity contribution >= 4 is 17.3 Å². The zero-order chi connectivity index (χ0) is 16.7. The molecule has 0 saturated carbocycles. The van der Waals surface area contributed by atoms with Gasteiger partial charge in [0.1, 0.15) is 12.4 Å². The lowest BCUT2D eigenvalue weighted by Gasteiger charge is -2.13. The molecule has 0 radical (unpaired) electrons. The van der Waals surface area contributed by atoms with Gasteiger partial charge in [-0.1, -0.05) is 36.9 Å². The number of amides is 1. The van der Waals surface area contributed by atoms with Crippen molar-refractivity contribution in [2.45, 2.75) is 13.8 Å². The Morgan fingerprint density at radius 2 is 1.87 bits per heavy atom. The molecule has 2 aromatic rings. The summed E-state index contributed by atoms with van der Waals surface area (Å²) in [6.07, 6.45) is 1.68. The fourth-order valence-electron chi connectivity index (χ4n) is 2.14. The van der Waals surface area contributed by atoms with Crippen molar-refractivity contribution in [3.8, 4) is 5.75 Å². The summed E-state index contributed by atoms with van der Waals surface area (Å²) in [5.41, 5.74) is 3.85. The Morgan fingerprint density at radius 3 is 2.65 bits per heavy atom. The third-order valence-electron chi connectivity index (χ3n) is 3.56. The Morgan fingerprint density at radius 1 is 1.13 bits per heavy atom. The molecule has 0 aliphatic heterocycles. The number of hydrogen-bond donors (Lipinski definition) is 2. The van der Waals surface area contributed by atoms with Crippen molar-refractivity contribution in [1.82, 2.24) is 0 Å². The van der Waals surface area contributed by atoms with E-state index < -0.39 is 0 Å². The quantitative estimate of drug-likeness (QED) is 0.762. The van der Waals surface area contributed by atoms with E-state index in [0.717, 1.165) is 22.5 Å². The minimum Gasteiger partial charge on any atom is -0.487 e. The van der Waals surface area contributed by atoms with Crippen LogP contribution in [0.4, 0.5) is 11.4 Å². The zero-order valence-electron chi connectivity index (χ0n) is 13.6. The van der Waals surface area contributed by atoms with Gasteiger partial charge >= 0.3 is 0 Å². The maximum atomic E-state index is 12.1. The number of carbonyl (C=O) groups excluding carboxylic acids is 1. The van der Waals surface area contributed by atoms with E-state index >= 15 is 0 Å². The van der Waals surface area contributed by atoms with Crippen LogP contribution in [0, 0.1) is 13.8 Å². The van der Waals surface area contributed by atoms with Gasteiger partial charge in [0.2, 0.25) is 5.91 Å². The minimum atomic E-state index is -0.0998. The second kappa shape index (κ2) is 8.03. The molecule has 0 aliphatic carbocycles. The first-order chi connectivity index (χ1) is 11.1. The Hall–Kier alpha value is -2.75. The van der Waals surface area contributed by atoms with Gasteiger partial charge in [-0.3, -0.25) is 4.79 Å². The number of rotatable bonds is 7. The molecule has 1 amide bonds. The number of ether oxygens (including phenoxy) is 1. The second-order valence-corrected chi connectivity index (χ2v) is 5.25. The van der Waals surface area contributed by atoms with Gasteiger partial charge in [-0.15, -0.1) is 0 Å². The summed E-state index contributed by atoms with van der Waals surface area (Å²) in [6, 6.07) is 13.4. The van der Waals surface area contributed by atoms with E-state index in [4.69, 9.17) is 4.74 Å². The fraction of sp³-hybridized carbons (Fsp3) is 0.211. The van der Waals surface area contributed by atoms with Crippen LogP contribution in [0.2, 0.25) is 0 Å². The van der Waals surface area contributed by atoms with Crippen LogP contribution in [0.1, 0.15) is 11.1 Å². The lowest BCUT2D eigenvalue weighted by Crippen LogP contribution is -2.22. The average molecular weight is 310 g/mol. The highest BCUT2D eigenvalue weighted by molar-refractivity contribution is 5.94. The van der Waals surface area contributed by atoms with Crippen LogP contribution in [0.25, 0.3) is 0 Å². The first-order valence-corrected chi connectivity index (χ1v) is 7.54. The molecule has 2 aromatic carbocycles. The molecule has 0 aromatic heterocycles. The molecule has 120 valence electrons. The summed E-state index contributed by atoms with van der Waals surface area (Å²) in [7, 11) is 0. The van der Waals surface area contributed by atoms with Crippen molar-refractivity contribution < 1.29 is 9.53 Å². The van der Waals surface area contributed by atoms with Gasteiger partial charge in [0, 0.05) is 5.69 Å². The molecular weight excluding hydrogens is 288 g/mol. The first-order valence-electron chi connectivity index (χ1n) is 7.54. The number of anilines is 2. The molecule has 4 heteroatoms. The van der Waals surface area contributed by atoms with E-state index in [-0.39, 0.29) is 12.5 Å². The third kappa shape index (κ3) is 4.61. The Bertz CT molecular complexity index is 696. The predicted molar refractivity (Wildman–Crippen MR) is 95.2 cm³/mol.